The molecular formula is C11H18N2. The van der Waals surface area contributed by atoms with Gasteiger partial charge in [-0.1, -0.05) is 13.2 Å². The molecule has 0 heterocycles. The summed E-state index contributed by atoms with van der Waals surface area (Å²) in [5, 5.41) is 3.12. The van der Waals surface area contributed by atoms with Gasteiger partial charge in [-0.25, -0.2) is 0 Å². The Bertz CT molecular complexity index is 270. The predicted molar refractivity (Wildman–Crippen MR) is 59.6 cm³/mol. The predicted octanol–water partition coefficient (Wildman–Crippen LogP) is 3.01. The molecule has 0 saturated carbocycles. The van der Waals surface area contributed by atoms with Crippen LogP contribution in [-0.4, -0.2) is 5.71 Å². The molecule has 0 aliphatic carbocycles. The van der Waals surface area contributed by atoms with E-state index in [1.54, 1.807) is 6.08 Å². The first-order valence-electron chi connectivity index (χ1n) is 4.25. The molecule has 0 aromatic rings. The lowest BCUT2D eigenvalue weighted by atomic mass is 10.3. The first-order chi connectivity index (χ1) is 5.97. The Hall–Kier alpha value is -1.31. The fourth-order valence-corrected chi connectivity index (χ4v) is 0.805. The molecule has 1 N–H and O–H groups in total. The molecular weight excluding hydrogens is 160 g/mol. The molecule has 2 heteroatoms. The van der Waals surface area contributed by atoms with Crippen molar-refractivity contribution in [1.29, 1.82) is 0 Å². The minimum Gasteiger partial charge on any atom is -0.362 e. The largest absolute Gasteiger partial charge is 0.362 e. The van der Waals surface area contributed by atoms with Crippen LogP contribution < -0.4 is 5.32 Å². The fraction of sp³-hybridized carbons (Fsp3) is 0.364. The number of allylic oxidation sites excluding steroid dienone is 4. The maximum atomic E-state index is 4.32. The van der Waals surface area contributed by atoms with Crippen molar-refractivity contribution in [2.45, 2.75) is 27.7 Å². The summed E-state index contributed by atoms with van der Waals surface area (Å²) in [5.41, 5.74) is 3.82. The van der Waals surface area contributed by atoms with Crippen molar-refractivity contribution in [3.8, 4) is 0 Å². The molecule has 0 fully saturated rings. The Labute approximate surface area is 80.8 Å². The summed E-state index contributed by atoms with van der Waals surface area (Å²) < 4.78 is 0. The Morgan fingerprint density at radius 2 is 1.77 bits per heavy atom. The highest BCUT2D eigenvalue weighted by Gasteiger charge is 1.94. The van der Waals surface area contributed by atoms with Gasteiger partial charge in [-0.05, 0) is 33.8 Å². The summed E-state index contributed by atoms with van der Waals surface area (Å²) in [5.74, 6) is 0. The standard InChI is InChI=1S/C11H18N2/c1-7-9(4)13-11(6)10(5)12-8(2)3/h7,12H,1-2H2,3-6H3/b11-10+,13-9?. The second-order valence-corrected chi connectivity index (χ2v) is 3.07. The molecule has 0 spiro atoms. The van der Waals surface area contributed by atoms with Gasteiger partial charge in [-0.15, -0.1) is 0 Å². The summed E-state index contributed by atoms with van der Waals surface area (Å²) in [6.45, 7) is 15.2. The van der Waals surface area contributed by atoms with E-state index in [-0.39, 0.29) is 0 Å². The highest BCUT2D eigenvalue weighted by molar-refractivity contribution is 5.92. The van der Waals surface area contributed by atoms with Crippen LogP contribution in [-0.2, 0) is 0 Å². The smallest absolute Gasteiger partial charge is 0.0565 e. The van der Waals surface area contributed by atoms with Crippen LogP contribution >= 0.6 is 0 Å². The van der Waals surface area contributed by atoms with E-state index in [1.807, 2.05) is 27.7 Å². The number of nitrogens with zero attached hydrogens (tertiary/aromatic N) is 1. The van der Waals surface area contributed by atoms with Gasteiger partial charge >= 0.3 is 0 Å². The zero-order chi connectivity index (χ0) is 10.4. The number of aliphatic imine (C=N–C) groups is 1. The van der Waals surface area contributed by atoms with Gasteiger partial charge in [0.2, 0.25) is 0 Å². The van der Waals surface area contributed by atoms with Crippen LogP contribution in [0.2, 0.25) is 0 Å². The van der Waals surface area contributed by atoms with Crippen molar-refractivity contribution in [1.82, 2.24) is 5.32 Å². The lowest BCUT2D eigenvalue weighted by Crippen LogP contribution is -2.08. The fourth-order valence-electron chi connectivity index (χ4n) is 0.805. The molecule has 13 heavy (non-hydrogen) atoms. The molecule has 0 rings (SSSR count). The molecule has 0 aromatic heterocycles. The van der Waals surface area contributed by atoms with Gasteiger partial charge in [-0.2, -0.15) is 0 Å². The van der Waals surface area contributed by atoms with Crippen molar-refractivity contribution < 1.29 is 0 Å². The average Bonchev–Trinajstić information content (AvgIpc) is 2.02. The van der Waals surface area contributed by atoms with E-state index in [9.17, 15) is 0 Å². The summed E-state index contributed by atoms with van der Waals surface area (Å²) in [7, 11) is 0. The molecule has 0 aliphatic heterocycles. The molecule has 2 nitrogen and oxygen atoms in total. The quantitative estimate of drug-likeness (QED) is 0.657. The molecule has 0 radical (unpaired) electrons. The lowest BCUT2D eigenvalue weighted by Gasteiger charge is -2.07. The lowest BCUT2D eigenvalue weighted by molar-refractivity contribution is 0.939. The van der Waals surface area contributed by atoms with E-state index in [2.05, 4.69) is 23.5 Å². The Morgan fingerprint density at radius 3 is 2.15 bits per heavy atom. The van der Waals surface area contributed by atoms with E-state index >= 15 is 0 Å². The van der Waals surface area contributed by atoms with E-state index in [1.165, 1.54) is 0 Å². The van der Waals surface area contributed by atoms with Crippen molar-refractivity contribution in [3.63, 3.8) is 0 Å². The van der Waals surface area contributed by atoms with Crippen molar-refractivity contribution in [3.05, 3.63) is 36.3 Å². The van der Waals surface area contributed by atoms with Gasteiger partial charge < -0.3 is 5.32 Å². The van der Waals surface area contributed by atoms with Crippen LogP contribution in [0.15, 0.2) is 41.3 Å². The second kappa shape index (κ2) is 5.36. The van der Waals surface area contributed by atoms with Crippen molar-refractivity contribution in [2.75, 3.05) is 0 Å². The second-order valence-electron chi connectivity index (χ2n) is 3.07. The van der Waals surface area contributed by atoms with Crippen LogP contribution in [0.25, 0.3) is 0 Å². The summed E-state index contributed by atoms with van der Waals surface area (Å²) in [4.78, 5) is 4.32. The van der Waals surface area contributed by atoms with Crippen molar-refractivity contribution >= 4 is 5.71 Å². The molecule has 0 saturated heterocycles. The van der Waals surface area contributed by atoms with Gasteiger partial charge in [0.1, 0.15) is 0 Å². The monoisotopic (exact) mass is 178 g/mol. The van der Waals surface area contributed by atoms with Gasteiger partial charge in [0.15, 0.2) is 0 Å². The summed E-state index contributed by atoms with van der Waals surface area (Å²) >= 11 is 0. The number of hydrogen-bond donors (Lipinski definition) is 1. The Balaban J connectivity index is 4.61. The third kappa shape index (κ3) is 5.01. The number of hydrogen-bond acceptors (Lipinski definition) is 2. The number of nitrogens with one attached hydrogen (secondary N) is 1. The van der Waals surface area contributed by atoms with E-state index in [0.717, 1.165) is 22.8 Å². The molecule has 0 aliphatic rings. The zero-order valence-corrected chi connectivity index (χ0v) is 8.94. The first kappa shape index (κ1) is 11.7. The third-order valence-electron chi connectivity index (χ3n) is 1.58. The van der Waals surface area contributed by atoms with E-state index in [0.29, 0.717) is 0 Å². The minimum atomic E-state index is 0.917. The van der Waals surface area contributed by atoms with Gasteiger partial charge in [-0.3, -0.25) is 4.99 Å². The van der Waals surface area contributed by atoms with Crippen LogP contribution in [0, 0.1) is 0 Å². The van der Waals surface area contributed by atoms with Crippen LogP contribution in [0.3, 0.4) is 0 Å². The summed E-state index contributed by atoms with van der Waals surface area (Å²) in [6, 6.07) is 0. The average molecular weight is 178 g/mol. The zero-order valence-electron chi connectivity index (χ0n) is 8.94. The van der Waals surface area contributed by atoms with E-state index < -0.39 is 0 Å². The van der Waals surface area contributed by atoms with Crippen molar-refractivity contribution in [2.24, 2.45) is 4.99 Å². The van der Waals surface area contributed by atoms with Gasteiger partial charge in [0.05, 0.1) is 5.70 Å². The van der Waals surface area contributed by atoms with Crippen LogP contribution in [0.1, 0.15) is 27.7 Å². The van der Waals surface area contributed by atoms with Crippen LogP contribution in [0.4, 0.5) is 0 Å². The number of rotatable bonds is 4. The molecule has 0 aromatic carbocycles. The maximum Gasteiger partial charge on any atom is 0.0565 e. The molecule has 0 bridgehead atoms. The highest BCUT2D eigenvalue weighted by Crippen LogP contribution is 2.03. The van der Waals surface area contributed by atoms with E-state index in [4.69, 9.17) is 0 Å². The molecule has 0 unspecified atom stereocenters. The van der Waals surface area contributed by atoms with Gasteiger partial charge in [0.25, 0.3) is 0 Å². The molecule has 0 atom stereocenters. The van der Waals surface area contributed by atoms with Gasteiger partial charge in [0, 0.05) is 17.1 Å². The first-order valence-corrected chi connectivity index (χ1v) is 4.25. The highest BCUT2D eigenvalue weighted by atomic mass is 14.9. The summed E-state index contributed by atoms with van der Waals surface area (Å²) in [6.07, 6.45) is 1.73. The SMILES string of the molecule is C=CC(C)=N/C(C)=C(\C)NC(=C)C. The molecule has 72 valence electrons. The normalized spacial score (nSPS) is 13.4. The Morgan fingerprint density at radius 1 is 1.23 bits per heavy atom. The topological polar surface area (TPSA) is 24.4 Å². The van der Waals surface area contributed by atoms with Crippen LogP contribution in [0.5, 0.6) is 0 Å². The maximum absolute atomic E-state index is 4.32. The molecule has 0 amide bonds. The minimum absolute atomic E-state index is 0.917. The Kier molecular flexibility index (Phi) is 4.82. The third-order valence-corrected chi connectivity index (χ3v) is 1.58.